The third kappa shape index (κ3) is 2.37. The fourth-order valence-electron chi connectivity index (χ4n) is 1.89. The van der Waals surface area contributed by atoms with Crippen molar-refractivity contribution in [2.45, 2.75) is 11.3 Å². The van der Waals surface area contributed by atoms with E-state index in [1.165, 1.54) is 6.26 Å². The van der Waals surface area contributed by atoms with E-state index in [1.54, 1.807) is 12.1 Å². The predicted octanol–water partition coefficient (Wildman–Crippen LogP) is 0.362. The van der Waals surface area contributed by atoms with E-state index < -0.39 is 9.84 Å². The molecule has 0 atom stereocenters. The van der Waals surface area contributed by atoms with Gasteiger partial charge in [0.05, 0.1) is 0 Å². The molecule has 0 aliphatic carbocycles. The van der Waals surface area contributed by atoms with Crippen LogP contribution in [0.25, 0.3) is 0 Å². The van der Waals surface area contributed by atoms with Crippen LogP contribution in [0.3, 0.4) is 0 Å². The van der Waals surface area contributed by atoms with E-state index in [4.69, 9.17) is 15.2 Å². The molecule has 0 amide bonds. The lowest BCUT2D eigenvalue weighted by molar-refractivity contribution is 0.166. The zero-order valence-electron chi connectivity index (χ0n) is 9.60. The number of ether oxygens (including phenoxy) is 2. The highest BCUT2D eigenvalue weighted by Crippen LogP contribution is 2.38. The maximum Gasteiger partial charge on any atom is 0.180 e. The second-order valence-electron chi connectivity index (χ2n) is 3.89. The minimum Gasteiger partial charge on any atom is -0.486 e. The maximum absolute atomic E-state index is 11.8. The molecule has 1 heterocycles. The van der Waals surface area contributed by atoms with Crippen LogP contribution in [0.4, 0.5) is 0 Å². The first kappa shape index (κ1) is 12.2. The van der Waals surface area contributed by atoms with Crippen LogP contribution in [0.15, 0.2) is 17.0 Å². The summed E-state index contributed by atoms with van der Waals surface area (Å²) in [4.78, 5) is 0.208. The highest BCUT2D eigenvalue weighted by molar-refractivity contribution is 7.90. The van der Waals surface area contributed by atoms with Gasteiger partial charge in [-0.25, -0.2) is 8.42 Å². The van der Waals surface area contributed by atoms with Crippen molar-refractivity contribution in [1.82, 2.24) is 0 Å². The van der Waals surface area contributed by atoms with Crippen molar-refractivity contribution in [3.05, 3.63) is 17.7 Å². The fraction of sp³-hybridized carbons (Fsp3) is 0.455. The summed E-state index contributed by atoms with van der Waals surface area (Å²) >= 11 is 0. The van der Waals surface area contributed by atoms with Crippen molar-refractivity contribution in [2.75, 3.05) is 26.0 Å². The van der Waals surface area contributed by atoms with E-state index in [2.05, 4.69) is 0 Å². The number of benzene rings is 1. The third-order valence-corrected chi connectivity index (χ3v) is 3.72. The summed E-state index contributed by atoms with van der Waals surface area (Å²) in [7, 11) is -3.36. The maximum atomic E-state index is 11.8. The van der Waals surface area contributed by atoms with Gasteiger partial charge in [-0.1, -0.05) is 6.07 Å². The highest BCUT2D eigenvalue weighted by Gasteiger charge is 2.25. The molecule has 6 heteroatoms. The van der Waals surface area contributed by atoms with Gasteiger partial charge >= 0.3 is 0 Å². The zero-order valence-corrected chi connectivity index (χ0v) is 10.4. The Morgan fingerprint density at radius 1 is 1.29 bits per heavy atom. The molecule has 1 aliphatic rings. The van der Waals surface area contributed by atoms with E-state index in [0.29, 0.717) is 43.2 Å². The van der Waals surface area contributed by atoms with Crippen molar-refractivity contribution in [1.29, 1.82) is 0 Å². The van der Waals surface area contributed by atoms with Gasteiger partial charge < -0.3 is 15.2 Å². The summed E-state index contributed by atoms with van der Waals surface area (Å²) in [6.45, 7) is 1.19. The van der Waals surface area contributed by atoms with Crippen LogP contribution in [-0.2, 0) is 16.3 Å². The molecule has 0 unspecified atom stereocenters. The Hall–Kier alpha value is -1.27. The Balaban J connectivity index is 2.64. The van der Waals surface area contributed by atoms with E-state index in [1.807, 2.05) is 0 Å². The standard InChI is InChI=1S/C11H15NO4S/c1-17(13,14)11-8(4-5-12)2-3-9-10(11)16-7-6-15-9/h2-3H,4-7,12H2,1H3. The highest BCUT2D eigenvalue weighted by atomic mass is 32.2. The predicted molar refractivity (Wildman–Crippen MR) is 63.3 cm³/mol. The first-order valence-corrected chi connectivity index (χ1v) is 7.25. The Labute approximate surface area is 100 Å². The Morgan fingerprint density at radius 3 is 2.65 bits per heavy atom. The molecular formula is C11H15NO4S. The topological polar surface area (TPSA) is 78.6 Å². The Bertz CT molecular complexity index is 525. The monoisotopic (exact) mass is 257 g/mol. The second kappa shape index (κ2) is 4.54. The molecule has 2 rings (SSSR count). The van der Waals surface area contributed by atoms with Crippen molar-refractivity contribution in [3.8, 4) is 11.5 Å². The largest absolute Gasteiger partial charge is 0.486 e. The van der Waals surface area contributed by atoms with Crippen LogP contribution in [0.2, 0.25) is 0 Å². The van der Waals surface area contributed by atoms with E-state index >= 15 is 0 Å². The number of rotatable bonds is 3. The van der Waals surface area contributed by atoms with Gasteiger partial charge in [-0.3, -0.25) is 0 Å². The van der Waals surface area contributed by atoms with Crippen LogP contribution in [0, 0.1) is 0 Å². The van der Waals surface area contributed by atoms with Crippen LogP contribution in [0.1, 0.15) is 5.56 Å². The van der Waals surface area contributed by atoms with Gasteiger partial charge in [-0.2, -0.15) is 0 Å². The van der Waals surface area contributed by atoms with Crippen LogP contribution >= 0.6 is 0 Å². The average Bonchev–Trinajstić information content (AvgIpc) is 2.27. The summed E-state index contributed by atoms with van der Waals surface area (Å²) in [5.74, 6) is 0.808. The summed E-state index contributed by atoms with van der Waals surface area (Å²) in [5, 5.41) is 0. The van der Waals surface area contributed by atoms with Crippen molar-refractivity contribution < 1.29 is 17.9 Å². The molecule has 0 saturated carbocycles. The van der Waals surface area contributed by atoms with E-state index in [0.717, 1.165) is 0 Å². The van der Waals surface area contributed by atoms with Gasteiger partial charge in [0, 0.05) is 6.26 Å². The number of hydrogen-bond acceptors (Lipinski definition) is 5. The average molecular weight is 257 g/mol. The van der Waals surface area contributed by atoms with Gasteiger partial charge in [-0.15, -0.1) is 0 Å². The van der Waals surface area contributed by atoms with Gasteiger partial charge in [0.2, 0.25) is 0 Å². The van der Waals surface area contributed by atoms with Gasteiger partial charge in [-0.05, 0) is 24.6 Å². The third-order valence-electron chi connectivity index (χ3n) is 2.53. The summed E-state index contributed by atoms with van der Waals surface area (Å²) in [6.07, 6.45) is 1.67. The zero-order chi connectivity index (χ0) is 12.5. The summed E-state index contributed by atoms with van der Waals surface area (Å²) in [6, 6.07) is 3.46. The molecule has 0 bridgehead atoms. The molecule has 1 aromatic carbocycles. The smallest absolute Gasteiger partial charge is 0.180 e. The molecule has 0 fully saturated rings. The molecule has 1 aliphatic heterocycles. The normalized spacial score (nSPS) is 14.7. The first-order chi connectivity index (χ1) is 8.04. The van der Waals surface area contributed by atoms with Crippen molar-refractivity contribution >= 4 is 9.84 Å². The Kier molecular flexibility index (Phi) is 3.26. The number of sulfone groups is 1. The number of nitrogens with two attached hydrogens (primary N) is 1. The molecule has 17 heavy (non-hydrogen) atoms. The van der Waals surface area contributed by atoms with Crippen LogP contribution in [-0.4, -0.2) is 34.4 Å². The molecule has 1 aromatic rings. The second-order valence-corrected chi connectivity index (χ2v) is 5.84. The van der Waals surface area contributed by atoms with Crippen molar-refractivity contribution in [2.24, 2.45) is 5.73 Å². The molecule has 94 valence electrons. The van der Waals surface area contributed by atoms with Gasteiger partial charge in [0.1, 0.15) is 18.1 Å². The fourth-order valence-corrected chi connectivity index (χ4v) is 3.03. The number of hydrogen-bond donors (Lipinski definition) is 1. The quantitative estimate of drug-likeness (QED) is 0.846. The summed E-state index contributed by atoms with van der Waals surface area (Å²) in [5.41, 5.74) is 6.16. The SMILES string of the molecule is CS(=O)(=O)c1c(CCN)ccc2c1OCCO2. The summed E-state index contributed by atoms with van der Waals surface area (Å²) < 4.78 is 34.4. The minimum atomic E-state index is -3.36. The molecular weight excluding hydrogens is 242 g/mol. The molecule has 0 saturated heterocycles. The molecule has 0 spiro atoms. The molecule has 0 aromatic heterocycles. The lowest BCUT2D eigenvalue weighted by atomic mass is 10.1. The number of fused-ring (bicyclic) bond motifs is 1. The van der Waals surface area contributed by atoms with Crippen LogP contribution < -0.4 is 15.2 Å². The lowest BCUT2D eigenvalue weighted by Crippen LogP contribution is -2.19. The van der Waals surface area contributed by atoms with Gasteiger partial charge in [0.25, 0.3) is 0 Å². The molecule has 0 radical (unpaired) electrons. The molecule has 5 nitrogen and oxygen atoms in total. The first-order valence-electron chi connectivity index (χ1n) is 5.35. The van der Waals surface area contributed by atoms with Crippen LogP contribution in [0.5, 0.6) is 11.5 Å². The van der Waals surface area contributed by atoms with Gasteiger partial charge in [0.15, 0.2) is 21.3 Å². The lowest BCUT2D eigenvalue weighted by Gasteiger charge is -2.22. The van der Waals surface area contributed by atoms with E-state index in [9.17, 15) is 8.42 Å². The Morgan fingerprint density at radius 2 is 2.00 bits per heavy atom. The van der Waals surface area contributed by atoms with E-state index in [-0.39, 0.29) is 4.90 Å². The molecule has 2 N–H and O–H groups in total. The minimum absolute atomic E-state index is 0.208. The van der Waals surface area contributed by atoms with Crippen molar-refractivity contribution in [3.63, 3.8) is 0 Å².